The zero-order valence-electron chi connectivity index (χ0n) is 41.8. The third kappa shape index (κ3) is 15.5. The van der Waals surface area contributed by atoms with Crippen molar-refractivity contribution < 1.29 is 40.7 Å². The summed E-state index contributed by atoms with van der Waals surface area (Å²) in [5, 5.41) is 1.86. The van der Waals surface area contributed by atoms with E-state index in [1.807, 2.05) is 91.5 Å². The first-order chi connectivity index (χ1) is 33.9. The van der Waals surface area contributed by atoms with E-state index in [-0.39, 0.29) is 74.5 Å². The molecular weight excluding hydrogens is 1160 g/mol. The predicted octanol–water partition coefficient (Wildman–Crippen LogP) is 16.2. The van der Waals surface area contributed by atoms with Crippen molar-refractivity contribution in [2.45, 2.75) is 144 Å². The van der Waals surface area contributed by atoms with E-state index < -0.39 is 16.6 Å². The van der Waals surface area contributed by atoms with Gasteiger partial charge in [-0.3, -0.25) is 4.79 Å². The Morgan fingerprint density at radius 3 is 1.55 bits per heavy atom. The SMILES string of the molecule is CC(C)(C)OC(=O)N1CCC(c2nc(-c3cc(SC(F)(F)F)cc(C(C)(C)C)c3)c(Br)s2)CC1.CC(C)(C)c1cc(SC(F)(F)F)cc(-c2nc(C3CCN(C(=O)Cn4cnc5cccnc54)CC3)sc2Br)c1. The Kier molecular flexibility index (Phi) is 17.6. The van der Waals surface area contributed by atoms with Gasteiger partial charge in [0.05, 0.1) is 35.3 Å². The molecule has 0 unspecified atom stereocenters. The highest BCUT2D eigenvalue weighted by Crippen LogP contribution is 2.46. The number of fused-ring (bicyclic) bond motifs is 1. The van der Waals surface area contributed by atoms with Crippen LogP contribution in [-0.4, -0.2) is 89.1 Å². The van der Waals surface area contributed by atoms with E-state index in [1.165, 1.54) is 22.7 Å². The van der Waals surface area contributed by atoms with E-state index in [0.717, 1.165) is 59.9 Å². The number of hydrogen-bond acceptors (Lipinski definition) is 11. The molecule has 10 nitrogen and oxygen atoms in total. The lowest BCUT2D eigenvalue weighted by molar-refractivity contribution is -0.132. The number of benzene rings is 2. The Labute approximate surface area is 455 Å². The molecule has 73 heavy (non-hydrogen) atoms. The number of carbonyl (C=O) groups is 2. The Balaban J connectivity index is 0.000000216. The molecule has 2 saturated heterocycles. The van der Waals surface area contributed by atoms with Crippen LogP contribution in [-0.2, 0) is 26.9 Å². The second kappa shape index (κ2) is 22.5. The zero-order valence-corrected chi connectivity index (χ0v) is 48.2. The summed E-state index contributed by atoms with van der Waals surface area (Å²) in [6.07, 6.45) is 6.08. The predicted molar refractivity (Wildman–Crippen MR) is 288 cm³/mol. The summed E-state index contributed by atoms with van der Waals surface area (Å²) in [4.78, 5) is 47.6. The first-order valence-electron chi connectivity index (χ1n) is 23.6. The molecule has 0 atom stereocenters. The van der Waals surface area contributed by atoms with E-state index in [9.17, 15) is 35.9 Å². The summed E-state index contributed by atoms with van der Waals surface area (Å²) in [7, 11) is 0. The smallest absolute Gasteiger partial charge is 0.444 e. The number of piperidine rings is 2. The van der Waals surface area contributed by atoms with Gasteiger partial charge < -0.3 is 19.1 Å². The summed E-state index contributed by atoms with van der Waals surface area (Å²) < 4.78 is 87.8. The lowest BCUT2D eigenvalue weighted by Gasteiger charge is -2.32. The first kappa shape index (κ1) is 57.0. The molecule has 2 aliphatic rings. The number of likely N-dealkylation sites (tertiary alicyclic amines) is 2. The van der Waals surface area contributed by atoms with Gasteiger partial charge in [-0.1, -0.05) is 41.5 Å². The molecule has 6 aromatic rings. The van der Waals surface area contributed by atoms with Gasteiger partial charge in [-0.15, -0.1) is 22.7 Å². The number of aromatic nitrogens is 5. The maximum absolute atomic E-state index is 13.2. The van der Waals surface area contributed by atoms with Crippen LogP contribution in [0.2, 0.25) is 0 Å². The molecule has 0 saturated carbocycles. The summed E-state index contributed by atoms with van der Waals surface area (Å²) in [5.41, 5.74) is -4.16. The van der Waals surface area contributed by atoms with Crippen LogP contribution in [0.4, 0.5) is 31.1 Å². The number of amides is 2. The Morgan fingerprint density at radius 2 is 1.12 bits per heavy atom. The van der Waals surface area contributed by atoms with E-state index in [1.54, 1.807) is 46.3 Å². The lowest BCUT2D eigenvalue weighted by Crippen LogP contribution is -2.41. The van der Waals surface area contributed by atoms with Crippen molar-refractivity contribution in [3.05, 3.63) is 89.8 Å². The number of alkyl halides is 6. The number of imidazole rings is 1. The summed E-state index contributed by atoms with van der Waals surface area (Å²) in [6, 6.07) is 13.9. The van der Waals surface area contributed by atoms with Gasteiger partial charge in [-0.05, 0) is 172 Å². The minimum Gasteiger partial charge on any atom is -0.444 e. The fourth-order valence-corrected chi connectivity index (χ4v) is 13.2. The summed E-state index contributed by atoms with van der Waals surface area (Å²) in [6.45, 7) is 20.0. The van der Waals surface area contributed by atoms with Crippen molar-refractivity contribution in [3.63, 3.8) is 0 Å². The van der Waals surface area contributed by atoms with E-state index in [2.05, 4.69) is 41.8 Å². The molecule has 4 aromatic heterocycles. The molecule has 2 aliphatic heterocycles. The number of nitrogens with zero attached hydrogens (tertiary/aromatic N) is 7. The molecule has 0 spiro atoms. The molecule has 0 N–H and O–H groups in total. The van der Waals surface area contributed by atoms with E-state index in [0.29, 0.717) is 54.3 Å². The van der Waals surface area contributed by atoms with Crippen molar-refractivity contribution >= 4 is 101 Å². The molecule has 0 bridgehead atoms. The topological polar surface area (TPSA) is 106 Å². The average molecular weight is 1220 g/mol. The minimum absolute atomic E-state index is 0.0214. The second-order valence-corrected chi connectivity index (χ2v) is 28.0. The van der Waals surface area contributed by atoms with Crippen LogP contribution in [0.3, 0.4) is 0 Å². The fraction of sp³-hybridized carbons (Fsp3) is 0.490. The van der Waals surface area contributed by atoms with Gasteiger partial charge in [0.25, 0.3) is 0 Å². The Hall–Kier alpha value is -3.70. The fourth-order valence-electron chi connectivity index (χ4n) is 8.33. The molecule has 2 amide bonds. The number of hydrogen-bond donors (Lipinski definition) is 0. The number of halogens is 8. The summed E-state index contributed by atoms with van der Waals surface area (Å²) >= 11 is 10.0. The van der Waals surface area contributed by atoms with Gasteiger partial charge in [-0.25, -0.2) is 24.7 Å². The Morgan fingerprint density at radius 1 is 0.671 bits per heavy atom. The monoisotopic (exact) mass is 1220 g/mol. The first-order valence-corrected chi connectivity index (χ1v) is 28.4. The number of rotatable bonds is 8. The highest BCUT2D eigenvalue weighted by atomic mass is 79.9. The highest BCUT2D eigenvalue weighted by molar-refractivity contribution is 9.11. The molecular formula is C51H57Br2F6N7O3S4. The Bertz CT molecular complexity index is 2920. The molecule has 22 heteroatoms. The molecule has 0 radical (unpaired) electrons. The molecule has 394 valence electrons. The van der Waals surface area contributed by atoms with Gasteiger partial charge in [-0.2, -0.15) is 26.3 Å². The third-order valence-electron chi connectivity index (χ3n) is 12.1. The third-order valence-corrected chi connectivity index (χ3v) is 17.3. The number of thiazole rings is 2. The number of pyridine rings is 1. The van der Waals surface area contributed by atoms with E-state index in [4.69, 9.17) is 14.7 Å². The largest absolute Gasteiger partial charge is 0.446 e. The molecule has 2 fully saturated rings. The van der Waals surface area contributed by atoms with Crippen LogP contribution < -0.4 is 0 Å². The zero-order chi connectivity index (χ0) is 53.4. The van der Waals surface area contributed by atoms with Crippen molar-refractivity contribution in [1.29, 1.82) is 0 Å². The van der Waals surface area contributed by atoms with Gasteiger partial charge in [0.2, 0.25) is 5.91 Å². The maximum Gasteiger partial charge on any atom is 0.446 e. The minimum atomic E-state index is -4.37. The van der Waals surface area contributed by atoms with Crippen LogP contribution >= 0.6 is 78.1 Å². The quantitative estimate of drug-likeness (QED) is 0.109. The molecule has 8 rings (SSSR count). The number of carbonyl (C=O) groups excluding carboxylic acids is 2. The normalized spacial score (nSPS) is 15.7. The van der Waals surface area contributed by atoms with Crippen molar-refractivity contribution in [2.75, 3.05) is 26.2 Å². The van der Waals surface area contributed by atoms with Crippen LogP contribution in [0, 0.1) is 0 Å². The van der Waals surface area contributed by atoms with Crippen LogP contribution in [0.15, 0.2) is 78.4 Å². The van der Waals surface area contributed by atoms with Crippen molar-refractivity contribution in [2.24, 2.45) is 0 Å². The molecule has 0 aliphatic carbocycles. The van der Waals surface area contributed by atoms with Crippen molar-refractivity contribution in [1.82, 2.24) is 34.3 Å². The van der Waals surface area contributed by atoms with Crippen LogP contribution in [0.25, 0.3) is 33.7 Å². The van der Waals surface area contributed by atoms with Gasteiger partial charge in [0.15, 0.2) is 5.65 Å². The van der Waals surface area contributed by atoms with Crippen LogP contribution in [0.5, 0.6) is 0 Å². The number of thioether (sulfide) groups is 2. The second-order valence-electron chi connectivity index (χ2n) is 21.1. The van der Waals surface area contributed by atoms with Gasteiger partial charge >= 0.3 is 17.1 Å². The molecule has 6 heterocycles. The number of ether oxygens (including phenoxy) is 1. The molecule has 2 aromatic carbocycles. The van der Waals surface area contributed by atoms with Crippen LogP contribution in [0.1, 0.15) is 121 Å². The summed E-state index contributed by atoms with van der Waals surface area (Å²) in [5.74, 6) is 0.381. The maximum atomic E-state index is 13.2. The van der Waals surface area contributed by atoms with Gasteiger partial charge in [0, 0.05) is 65.1 Å². The van der Waals surface area contributed by atoms with Crippen molar-refractivity contribution in [3.8, 4) is 22.5 Å². The standard InChI is InChI=1S/C27H27BrF3N5OS2.C24H30BrF3N2O2S2/c1-26(2,3)18-11-17(12-19(13-18)39-27(29,30)31)22-23(28)38-25(34-22)16-6-9-35(10-7-16)21(37)14-36-15-33-20-5-4-8-32-24(20)36;1-22(2,3)16-11-15(12-17(13-16)34-24(26,27)28)18-19(25)33-20(29-18)14-7-9-30(10-8-14)21(31)32-23(4,5)6/h4-5,8,11-13,15-16H,6-7,9-10,14H2,1-3H3;11-14H,7-10H2,1-6H3. The highest BCUT2D eigenvalue weighted by Gasteiger charge is 2.34. The average Bonchev–Trinajstić information content (AvgIpc) is 4.00. The van der Waals surface area contributed by atoms with E-state index >= 15 is 0 Å². The lowest BCUT2D eigenvalue weighted by atomic mass is 9.86. The van der Waals surface area contributed by atoms with Gasteiger partial charge in [0.1, 0.15) is 17.7 Å².